The largest absolute Gasteiger partial charge is 0.469 e. The van der Waals surface area contributed by atoms with E-state index in [0.717, 1.165) is 25.2 Å². The molecule has 0 spiro atoms. The molecule has 0 aliphatic carbocycles. The number of nitrogens with zero attached hydrogens (tertiary/aromatic N) is 2. The van der Waals surface area contributed by atoms with Crippen LogP contribution >= 0.6 is 0 Å². The SMILES string of the molecule is COC(=O)CC[C@H]1CN(Cc2ccc(N)nc2)CCO1. The van der Waals surface area contributed by atoms with Crippen LogP contribution in [-0.4, -0.2) is 48.8 Å². The summed E-state index contributed by atoms with van der Waals surface area (Å²) in [6.45, 7) is 3.22. The molecule has 0 amide bonds. The molecule has 1 aromatic rings. The highest BCUT2D eigenvalue weighted by molar-refractivity contribution is 5.69. The summed E-state index contributed by atoms with van der Waals surface area (Å²) < 4.78 is 10.3. The normalized spacial score (nSPS) is 19.8. The number of anilines is 1. The molecular weight excluding hydrogens is 258 g/mol. The number of hydrogen-bond acceptors (Lipinski definition) is 6. The average molecular weight is 279 g/mol. The Morgan fingerprint density at radius 2 is 2.45 bits per heavy atom. The van der Waals surface area contributed by atoms with E-state index in [2.05, 4.69) is 14.6 Å². The Kier molecular flexibility index (Phi) is 5.31. The monoisotopic (exact) mass is 279 g/mol. The van der Waals surface area contributed by atoms with Crippen LogP contribution in [0.3, 0.4) is 0 Å². The van der Waals surface area contributed by atoms with Crippen LogP contribution in [0.5, 0.6) is 0 Å². The molecule has 1 aromatic heterocycles. The van der Waals surface area contributed by atoms with E-state index in [9.17, 15) is 4.79 Å². The van der Waals surface area contributed by atoms with Crippen molar-refractivity contribution in [1.29, 1.82) is 0 Å². The molecule has 0 bridgehead atoms. The Balaban J connectivity index is 1.81. The second-order valence-electron chi connectivity index (χ2n) is 4.93. The van der Waals surface area contributed by atoms with Gasteiger partial charge in [0, 0.05) is 32.3 Å². The van der Waals surface area contributed by atoms with Gasteiger partial charge in [-0.2, -0.15) is 0 Å². The number of morpholine rings is 1. The predicted molar refractivity (Wildman–Crippen MR) is 74.9 cm³/mol. The zero-order chi connectivity index (χ0) is 14.4. The Labute approximate surface area is 118 Å². The van der Waals surface area contributed by atoms with Crippen LogP contribution in [0.25, 0.3) is 0 Å². The first-order valence-corrected chi connectivity index (χ1v) is 6.78. The van der Waals surface area contributed by atoms with E-state index < -0.39 is 0 Å². The van der Waals surface area contributed by atoms with E-state index in [1.165, 1.54) is 7.11 Å². The molecule has 1 atom stereocenters. The number of carbonyl (C=O) groups excluding carboxylic acids is 1. The van der Waals surface area contributed by atoms with Gasteiger partial charge in [-0.15, -0.1) is 0 Å². The summed E-state index contributed by atoms with van der Waals surface area (Å²) >= 11 is 0. The van der Waals surface area contributed by atoms with Gasteiger partial charge >= 0.3 is 5.97 Å². The summed E-state index contributed by atoms with van der Waals surface area (Å²) in [4.78, 5) is 17.5. The molecule has 2 heterocycles. The first-order chi connectivity index (χ1) is 9.67. The van der Waals surface area contributed by atoms with E-state index >= 15 is 0 Å². The molecule has 0 saturated carbocycles. The van der Waals surface area contributed by atoms with Crippen molar-refractivity contribution in [2.45, 2.75) is 25.5 Å². The van der Waals surface area contributed by atoms with Crippen LogP contribution in [-0.2, 0) is 20.8 Å². The van der Waals surface area contributed by atoms with Crippen LogP contribution < -0.4 is 5.73 Å². The number of pyridine rings is 1. The fourth-order valence-corrected chi connectivity index (χ4v) is 2.27. The predicted octanol–water partition coefficient (Wildman–Crippen LogP) is 0.818. The van der Waals surface area contributed by atoms with Crippen molar-refractivity contribution in [3.8, 4) is 0 Å². The lowest BCUT2D eigenvalue weighted by Crippen LogP contribution is -2.42. The zero-order valence-corrected chi connectivity index (χ0v) is 11.7. The fraction of sp³-hybridized carbons (Fsp3) is 0.571. The molecule has 0 radical (unpaired) electrons. The molecule has 0 aromatic carbocycles. The third kappa shape index (κ3) is 4.47. The smallest absolute Gasteiger partial charge is 0.305 e. The maximum Gasteiger partial charge on any atom is 0.305 e. The number of nitrogen functional groups attached to an aromatic ring is 1. The topological polar surface area (TPSA) is 77.7 Å². The molecular formula is C14H21N3O3. The van der Waals surface area contributed by atoms with Crippen LogP contribution in [0.4, 0.5) is 5.82 Å². The number of aromatic nitrogens is 1. The van der Waals surface area contributed by atoms with E-state index in [4.69, 9.17) is 10.5 Å². The van der Waals surface area contributed by atoms with Crippen molar-refractivity contribution < 1.29 is 14.3 Å². The molecule has 110 valence electrons. The molecule has 6 nitrogen and oxygen atoms in total. The highest BCUT2D eigenvalue weighted by atomic mass is 16.5. The second kappa shape index (κ2) is 7.21. The second-order valence-corrected chi connectivity index (χ2v) is 4.93. The highest BCUT2D eigenvalue weighted by Gasteiger charge is 2.21. The van der Waals surface area contributed by atoms with Crippen molar-refractivity contribution in [3.63, 3.8) is 0 Å². The summed E-state index contributed by atoms with van der Waals surface area (Å²) in [5.41, 5.74) is 6.71. The minimum Gasteiger partial charge on any atom is -0.469 e. The van der Waals surface area contributed by atoms with Crippen LogP contribution in [0.1, 0.15) is 18.4 Å². The lowest BCUT2D eigenvalue weighted by Gasteiger charge is -2.32. The van der Waals surface area contributed by atoms with Gasteiger partial charge in [0.2, 0.25) is 0 Å². The zero-order valence-electron chi connectivity index (χ0n) is 11.7. The van der Waals surface area contributed by atoms with Gasteiger partial charge in [-0.05, 0) is 18.1 Å². The molecule has 1 saturated heterocycles. The summed E-state index contributed by atoms with van der Waals surface area (Å²) in [6, 6.07) is 3.80. The van der Waals surface area contributed by atoms with Gasteiger partial charge in [-0.1, -0.05) is 6.07 Å². The summed E-state index contributed by atoms with van der Waals surface area (Å²) in [7, 11) is 1.41. The van der Waals surface area contributed by atoms with Crippen molar-refractivity contribution >= 4 is 11.8 Å². The third-order valence-electron chi connectivity index (χ3n) is 3.37. The molecule has 0 unspecified atom stereocenters. The van der Waals surface area contributed by atoms with Gasteiger partial charge in [0.15, 0.2) is 0 Å². The van der Waals surface area contributed by atoms with Gasteiger partial charge in [-0.3, -0.25) is 9.69 Å². The number of esters is 1. The van der Waals surface area contributed by atoms with Crippen LogP contribution in [0.15, 0.2) is 18.3 Å². The third-order valence-corrected chi connectivity index (χ3v) is 3.37. The van der Waals surface area contributed by atoms with Gasteiger partial charge in [0.1, 0.15) is 5.82 Å². The Morgan fingerprint density at radius 3 is 3.15 bits per heavy atom. The lowest BCUT2D eigenvalue weighted by molar-refractivity contribution is -0.142. The molecule has 1 aliphatic heterocycles. The fourth-order valence-electron chi connectivity index (χ4n) is 2.27. The highest BCUT2D eigenvalue weighted by Crippen LogP contribution is 2.14. The number of ether oxygens (including phenoxy) is 2. The molecule has 1 fully saturated rings. The summed E-state index contributed by atoms with van der Waals surface area (Å²) in [6.07, 6.45) is 2.99. The van der Waals surface area contributed by atoms with Crippen LogP contribution in [0.2, 0.25) is 0 Å². The minimum atomic E-state index is -0.187. The van der Waals surface area contributed by atoms with Gasteiger partial charge in [-0.25, -0.2) is 4.98 Å². The Hall–Kier alpha value is -1.66. The summed E-state index contributed by atoms with van der Waals surface area (Å²) in [5, 5.41) is 0. The standard InChI is InChI=1S/C14H21N3O3/c1-19-14(18)5-3-12-10-17(6-7-20-12)9-11-2-4-13(15)16-8-11/h2,4,8,12H,3,5-7,9-10H2,1H3,(H2,15,16)/t12-/m0/s1. The van der Waals surface area contributed by atoms with Gasteiger partial charge in [0.25, 0.3) is 0 Å². The first-order valence-electron chi connectivity index (χ1n) is 6.78. The van der Waals surface area contributed by atoms with Crippen molar-refractivity contribution in [3.05, 3.63) is 23.9 Å². The quantitative estimate of drug-likeness (QED) is 0.804. The van der Waals surface area contributed by atoms with E-state index in [-0.39, 0.29) is 12.1 Å². The summed E-state index contributed by atoms with van der Waals surface area (Å²) in [5.74, 6) is 0.347. The Morgan fingerprint density at radius 1 is 1.60 bits per heavy atom. The number of methoxy groups -OCH3 is 1. The first kappa shape index (κ1) is 14.7. The van der Waals surface area contributed by atoms with E-state index in [1.807, 2.05) is 12.1 Å². The van der Waals surface area contributed by atoms with Gasteiger partial charge in [0.05, 0.1) is 19.8 Å². The molecule has 6 heteroatoms. The molecule has 2 N–H and O–H groups in total. The van der Waals surface area contributed by atoms with E-state index in [1.54, 1.807) is 6.20 Å². The number of nitrogens with two attached hydrogens (primary N) is 1. The molecule has 20 heavy (non-hydrogen) atoms. The maximum absolute atomic E-state index is 11.1. The van der Waals surface area contributed by atoms with Crippen LogP contribution in [0, 0.1) is 0 Å². The molecule has 1 aliphatic rings. The van der Waals surface area contributed by atoms with E-state index in [0.29, 0.717) is 25.3 Å². The number of rotatable bonds is 5. The molecule has 2 rings (SSSR count). The number of carbonyl (C=O) groups is 1. The minimum absolute atomic E-state index is 0.0876. The maximum atomic E-state index is 11.1. The number of hydrogen-bond donors (Lipinski definition) is 1. The van der Waals surface area contributed by atoms with Crippen molar-refractivity contribution in [2.75, 3.05) is 32.5 Å². The van der Waals surface area contributed by atoms with Gasteiger partial charge < -0.3 is 15.2 Å². The average Bonchev–Trinajstić information content (AvgIpc) is 2.47. The van der Waals surface area contributed by atoms with Crippen molar-refractivity contribution in [1.82, 2.24) is 9.88 Å². The Bertz CT molecular complexity index is 436. The lowest BCUT2D eigenvalue weighted by atomic mass is 10.1. The van der Waals surface area contributed by atoms with Crippen molar-refractivity contribution in [2.24, 2.45) is 0 Å².